The van der Waals surface area contributed by atoms with Crippen molar-refractivity contribution in [2.75, 3.05) is 25.4 Å². The number of ether oxygens (including phenoxy) is 1. The van der Waals surface area contributed by atoms with Crippen LogP contribution in [0.15, 0.2) is 0 Å². The van der Waals surface area contributed by atoms with Crippen molar-refractivity contribution >= 4 is 16.0 Å². The van der Waals surface area contributed by atoms with E-state index in [2.05, 4.69) is 0 Å². The first-order valence-electron chi connectivity index (χ1n) is 5.78. The lowest BCUT2D eigenvalue weighted by atomic mass is 10.2. The van der Waals surface area contributed by atoms with Crippen molar-refractivity contribution in [1.82, 2.24) is 4.31 Å². The van der Waals surface area contributed by atoms with E-state index in [1.807, 2.05) is 0 Å². The summed E-state index contributed by atoms with van der Waals surface area (Å²) in [6, 6.07) is 0. The maximum absolute atomic E-state index is 12.0. The topological polar surface area (TPSA) is 83.9 Å². The number of rotatable bonds is 5. The summed E-state index contributed by atoms with van der Waals surface area (Å²) in [7, 11) is -3.23. The van der Waals surface area contributed by atoms with E-state index < -0.39 is 22.1 Å². The van der Waals surface area contributed by atoms with Crippen molar-refractivity contribution in [2.45, 2.75) is 25.4 Å². The Morgan fingerprint density at radius 1 is 1.41 bits per heavy atom. The van der Waals surface area contributed by atoms with Gasteiger partial charge in [-0.25, -0.2) is 8.42 Å². The third-order valence-corrected chi connectivity index (χ3v) is 5.05. The van der Waals surface area contributed by atoms with E-state index >= 15 is 0 Å². The van der Waals surface area contributed by atoms with Crippen molar-refractivity contribution in [1.29, 1.82) is 0 Å². The Balaban J connectivity index is 1.93. The second-order valence-corrected chi connectivity index (χ2v) is 6.68. The first-order valence-corrected chi connectivity index (χ1v) is 7.39. The summed E-state index contributed by atoms with van der Waals surface area (Å²) >= 11 is 0. The van der Waals surface area contributed by atoms with E-state index in [0.717, 1.165) is 12.8 Å². The average molecular weight is 263 g/mol. The molecular formula is C10H17NO5S. The number of hydrogen-bond donors (Lipinski definition) is 1. The van der Waals surface area contributed by atoms with E-state index in [0.29, 0.717) is 12.5 Å². The summed E-state index contributed by atoms with van der Waals surface area (Å²) in [6.45, 7) is 0.786. The molecule has 0 radical (unpaired) electrons. The molecule has 1 aliphatic carbocycles. The van der Waals surface area contributed by atoms with E-state index in [9.17, 15) is 13.2 Å². The fourth-order valence-electron chi connectivity index (χ4n) is 1.95. The number of hydrogen-bond acceptors (Lipinski definition) is 4. The van der Waals surface area contributed by atoms with Crippen LogP contribution in [0.5, 0.6) is 0 Å². The highest BCUT2D eigenvalue weighted by Crippen LogP contribution is 2.31. The molecule has 0 aromatic carbocycles. The molecule has 0 spiro atoms. The molecule has 2 aliphatic rings. The SMILES string of the molecule is O=C(O)CC1CN(S(=O)(=O)CC2CC2)CCO1. The third-order valence-electron chi connectivity index (χ3n) is 3.04. The van der Waals surface area contributed by atoms with Gasteiger partial charge in [0, 0.05) is 13.1 Å². The van der Waals surface area contributed by atoms with Gasteiger partial charge in [0.25, 0.3) is 0 Å². The van der Waals surface area contributed by atoms with E-state index in [-0.39, 0.29) is 25.3 Å². The van der Waals surface area contributed by atoms with E-state index in [4.69, 9.17) is 9.84 Å². The van der Waals surface area contributed by atoms with Gasteiger partial charge in [-0.05, 0) is 18.8 Å². The summed E-state index contributed by atoms with van der Waals surface area (Å²) < 4.78 is 30.6. The van der Waals surface area contributed by atoms with Crippen molar-refractivity contribution in [3.63, 3.8) is 0 Å². The molecule has 2 rings (SSSR count). The maximum Gasteiger partial charge on any atom is 0.306 e. The van der Waals surface area contributed by atoms with E-state index in [1.165, 1.54) is 4.31 Å². The van der Waals surface area contributed by atoms with Gasteiger partial charge in [0.05, 0.1) is 24.9 Å². The molecule has 6 nitrogen and oxygen atoms in total. The minimum Gasteiger partial charge on any atom is -0.481 e. The molecule has 0 amide bonds. The highest BCUT2D eigenvalue weighted by Gasteiger charge is 2.35. The molecule has 0 bridgehead atoms. The van der Waals surface area contributed by atoms with Crippen LogP contribution in [0.3, 0.4) is 0 Å². The molecule has 7 heteroatoms. The molecule has 0 aromatic rings. The molecule has 0 aromatic heterocycles. The van der Waals surface area contributed by atoms with Crippen LogP contribution in [0.1, 0.15) is 19.3 Å². The number of sulfonamides is 1. The predicted octanol–water partition coefficient (Wildman–Crippen LogP) is -0.0983. The highest BCUT2D eigenvalue weighted by molar-refractivity contribution is 7.89. The minimum absolute atomic E-state index is 0.143. The molecular weight excluding hydrogens is 246 g/mol. The summed E-state index contributed by atoms with van der Waals surface area (Å²) in [6.07, 6.45) is 1.31. The monoisotopic (exact) mass is 263 g/mol. The summed E-state index contributed by atoms with van der Waals surface area (Å²) in [4.78, 5) is 10.6. The molecule has 1 saturated heterocycles. The van der Waals surface area contributed by atoms with Gasteiger partial charge in [0.1, 0.15) is 0 Å². The van der Waals surface area contributed by atoms with Crippen LogP contribution < -0.4 is 0 Å². The van der Waals surface area contributed by atoms with Crippen molar-refractivity contribution in [2.24, 2.45) is 5.92 Å². The number of carbonyl (C=O) groups is 1. The molecule has 1 heterocycles. The lowest BCUT2D eigenvalue weighted by Crippen LogP contribution is -2.47. The van der Waals surface area contributed by atoms with Crippen molar-refractivity contribution < 1.29 is 23.1 Å². The molecule has 98 valence electrons. The Kier molecular flexibility index (Phi) is 3.70. The zero-order chi connectivity index (χ0) is 12.5. The smallest absolute Gasteiger partial charge is 0.306 e. The maximum atomic E-state index is 12.0. The Morgan fingerprint density at radius 2 is 2.12 bits per heavy atom. The van der Waals surface area contributed by atoms with Gasteiger partial charge >= 0.3 is 5.97 Å². The number of carboxylic acid groups (broad SMARTS) is 1. The van der Waals surface area contributed by atoms with Gasteiger partial charge in [-0.3, -0.25) is 4.79 Å². The first kappa shape index (κ1) is 12.8. The van der Waals surface area contributed by atoms with Gasteiger partial charge in [0.2, 0.25) is 10.0 Å². The lowest BCUT2D eigenvalue weighted by molar-refractivity contribution is -0.141. The van der Waals surface area contributed by atoms with Crippen molar-refractivity contribution in [3.05, 3.63) is 0 Å². The fourth-order valence-corrected chi connectivity index (χ4v) is 3.84. The van der Waals surface area contributed by atoms with Gasteiger partial charge in [-0.2, -0.15) is 4.31 Å². The summed E-state index contributed by atoms with van der Waals surface area (Å²) in [5.41, 5.74) is 0. The Morgan fingerprint density at radius 3 is 2.71 bits per heavy atom. The number of aliphatic carboxylic acids is 1. The molecule has 1 N–H and O–H groups in total. The Hall–Kier alpha value is -0.660. The number of carboxylic acids is 1. The lowest BCUT2D eigenvalue weighted by Gasteiger charge is -2.31. The largest absolute Gasteiger partial charge is 0.481 e. The molecule has 1 aliphatic heterocycles. The quantitative estimate of drug-likeness (QED) is 0.749. The van der Waals surface area contributed by atoms with Crippen LogP contribution in [0.25, 0.3) is 0 Å². The predicted molar refractivity (Wildman–Crippen MR) is 60.1 cm³/mol. The van der Waals surface area contributed by atoms with Crippen LogP contribution in [0, 0.1) is 5.92 Å². The van der Waals surface area contributed by atoms with Gasteiger partial charge in [-0.1, -0.05) is 0 Å². The fraction of sp³-hybridized carbons (Fsp3) is 0.900. The normalized spacial score (nSPS) is 26.9. The summed E-state index contributed by atoms with van der Waals surface area (Å²) in [5.74, 6) is -0.454. The number of nitrogens with zero attached hydrogens (tertiary/aromatic N) is 1. The Labute approximate surface area is 101 Å². The second kappa shape index (κ2) is 4.91. The van der Waals surface area contributed by atoms with Crippen LogP contribution in [-0.4, -0.2) is 55.4 Å². The zero-order valence-corrected chi connectivity index (χ0v) is 10.4. The molecule has 1 atom stereocenters. The van der Waals surface area contributed by atoms with Gasteiger partial charge < -0.3 is 9.84 Å². The highest BCUT2D eigenvalue weighted by atomic mass is 32.2. The molecule has 1 unspecified atom stereocenters. The van der Waals surface area contributed by atoms with Crippen LogP contribution >= 0.6 is 0 Å². The second-order valence-electron chi connectivity index (χ2n) is 4.67. The molecule has 17 heavy (non-hydrogen) atoms. The molecule has 1 saturated carbocycles. The standard InChI is InChI=1S/C10H17NO5S/c12-10(13)5-9-6-11(3-4-16-9)17(14,15)7-8-1-2-8/h8-9H,1-7H2,(H,12,13). The molecule has 2 fully saturated rings. The van der Waals surface area contributed by atoms with E-state index in [1.54, 1.807) is 0 Å². The minimum atomic E-state index is -3.23. The summed E-state index contributed by atoms with van der Waals surface area (Å²) in [5, 5.41) is 8.66. The van der Waals surface area contributed by atoms with Crippen LogP contribution in [-0.2, 0) is 19.6 Å². The number of morpholine rings is 1. The average Bonchev–Trinajstić information content (AvgIpc) is 3.00. The first-order chi connectivity index (χ1) is 7.97. The Bertz CT molecular complexity index is 390. The van der Waals surface area contributed by atoms with Crippen LogP contribution in [0.2, 0.25) is 0 Å². The zero-order valence-electron chi connectivity index (χ0n) is 9.54. The van der Waals surface area contributed by atoms with Crippen LogP contribution in [0.4, 0.5) is 0 Å². The van der Waals surface area contributed by atoms with Crippen molar-refractivity contribution in [3.8, 4) is 0 Å². The van der Waals surface area contributed by atoms with Gasteiger partial charge in [-0.15, -0.1) is 0 Å². The third kappa shape index (κ3) is 3.65. The van der Waals surface area contributed by atoms with Gasteiger partial charge in [0.15, 0.2) is 0 Å².